The summed E-state index contributed by atoms with van der Waals surface area (Å²) in [5.41, 5.74) is 5.04. The molecule has 1 unspecified atom stereocenters. The Morgan fingerprint density at radius 2 is 1.90 bits per heavy atom. The van der Waals surface area contributed by atoms with Crippen LogP contribution in [0.2, 0.25) is 0 Å². The fourth-order valence-corrected chi connectivity index (χ4v) is 6.70. The second kappa shape index (κ2) is 14.8. The Labute approximate surface area is 290 Å². The summed E-state index contributed by atoms with van der Waals surface area (Å²) in [5.74, 6) is 0.945. The second-order valence-electron chi connectivity index (χ2n) is 12.8. The molecule has 50 heavy (non-hydrogen) atoms. The van der Waals surface area contributed by atoms with E-state index in [4.69, 9.17) is 14.8 Å². The van der Waals surface area contributed by atoms with Crippen LogP contribution in [-0.4, -0.2) is 64.4 Å². The Morgan fingerprint density at radius 3 is 2.60 bits per heavy atom. The summed E-state index contributed by atoms with van der Waals surface area (Å²) in [5, 5.41) is 34.4. The summed E-state index contributed by atoms with van der Waals surface area (Å²) in [7, 11) is 1.85. The quantitative estimate of drug-likeness (QED) is 0.203. The summed E-state index contributed by atoms with van der Waals surface area (Å²) >= 11 is 0. The highest BCUT2D eigenvalue weighted by Gasteiger charge is 2.32. The summed E-state index contributed by atoms with van der Waals surface area (Å²) < 4.78 is 9.59. The van der Waals surface area contributed by atoms with Gasteiger partial charge in [0.05, 0.1) is 35.0 Å². The predicted octanol–water partition coefficient (Wildman–Crippen LogP) is 5.55. The molecule has 1 aliphatic heterocycles. The number of anilines is 2. The minimum absolute atomic E-state index is 0.0774. The van der Waals surface area contributed by atoms with E-state index in [2.05, 4.69) is 37.0 Å². The minimum Gasteiger partial charge on any atom is -0.356 e. The van der Waals surface area contributed by atoms with Crippen molar-refractivity contribution in [3.8, 4) is 28.7 Å². The number of hydrogen-bond donors (Lipinski definition) is 2. The summed E-state index contributed by atoms with van der Waals surface area (Å²) in [4.78, 5) is 24.8. The molecule has 14 heteroatoms. The fourth-order valence-electron chi connectivity index (χ4n) is 6.70. The Balaban J connectivity index is 1.07. The van der Waals surface area contributed by atoms with Crippen LogP contribution in [-0.2, 0) is 18.3 Å². The van der Waals surface area contributed by atoms with Gasteiger partial charge < -0.3 is 15.4 Å². The molecule has 14 nitrogen and oxygen atoms in total. The van der Waals surface area contributed by atoms with E-state index in [9.17, 15) is 10.1 Å². The van der Waals surface area contributed by atoms with Crippen molar-refractivity contribution >= 4 is 17.8 Å². The van der Waals surface area contributed by atoms with E-state index in [1.54, 1.807) is 22.0 Å². The maximum Gasteiger partial charge on any atom is 0.323 e. The van der Waals surface area contributed by atoms with Crippen LogP contribution in [0.3, 0.4) is 0 Å². The minimum atomic E-state index is -0.220. The van der Waals surface area contributed by atoms with Gasteiger partial charge in [0, 0.05) is 44.0 Å². The summed E-state index contributed by atoms with van der Waals surface area (Å²) in [6.07, 6.45) is 11.0. The molecular formula is C36H40N12O2. The number of nitrogens with one attached hydrogen (secondary N) is 2. The van der Waals surface area contributed by atoms with Gasteiger partial charge in [-0.15, -0.1) is 10.2 Å². The van der Waals surface area contributed by atoms with Crippen molar-refractivity contribution in [2.24, 2.45) is 7.05 Å². The van der Waals surface area contributed by atoms with Crippen LogP contribution in [0.15, 0.2) is 67.1 Å². The number of ether oxygens (including phenoxy) is 1. The molecule has 2 amide bonds. The van der Waals surface area contributed by atoms with E-state index in [1.807, 2.05) is 73.4 Å². The van der Waals surface area contributed by atoms with Gasteiger partial charge in [-0.3, -0.25) is 9.58 Å². The number of carbonyl (C=O) groups is 1. The first kappa shape index (κ1) is 32.8. The fraction of sp³-hybridized carbons (Fsp3) is 0.389. The number of aromatic nitrogens is 8. The average Bonchev–Trinajstić information content (AvgIpc) is 3.78. The van der Waals surface area contributed by atoms with Gasteiger partial charge in [0.15, 0.2) is 12.0 Å². The van der Waals surface area contributed by atoms with Crippen LogP contribution in [0.4, 0.5) is 16.6 Å². The van der Waals surface area contributed by atoms with Crippen LogP contribution in [0.25, 0.3) is 22.6 Å². The highest BCUT2D eigenvalue weighted by Crippen LogP contribution is 2.32. The largest absolute Gasteiger partial charge is 0.356 e. The summed E-state index contributed by atoms with van der Waals surface area (Å²) in [6.45, 7) is 3.01. The van der Waals surface area contributed by atoms with Gasteiger partial charge in [0.25, 0.3) is 0 Å². The van der Waals surface area contributed by atoms with Crippen LogP contribution < -0.4 is 15.5 Å². The monoisotopic (exact) mass is 672 g/mol. The Kier molecular flexibility index (Phi) is 9.75. The molecule has 256 valence electrons. The number of benzene rings is 1. The summed E-state index contributed by atoms with van der Waals surface area (Å²) in [6, 6.07) is 17.5. The van der Waals surface area contributed by atoms with Crippen LogP contribution >= 0.6 is 0 Å². The molecule has 0 spiro atoms. The topological polar surface area (TPSA) is 165 Å². The zero-order valence-corrected chi connectivity index (χ0v) is 28.2. The number of amides is 2. The van der Waals surface area contributed by atoms with Crippen LogP contribution in [0.1, 0.15) is 68.0 Å². The molecular weight excluding hydrogens is 632 g/mol. The molecule has 1 saturated carbocycles. The molecule has 4 aromatic heterocycles. The van der Waals surface area contributed by atoms with Crippen molar-refractivity contribution in [1.82, 2.24) is 45.0 Å². The van der Waals surface area contributed by atoms with Crippen LogP contribution in [0, 0.1) is 18.3 Å². The lowest BCUT2D eigenvalue weighted by Gasteiger charge is -2.36. The highest BCUT2D eigenvalue weighted by atomic mass is 16.5. The Hall–Kier alpha value is -5.68. The van der Waals surface area contributed by atoms with Crippen LogP contribution in [0.5, 0.6) is 0 Å². The molecule has 0 bridgehead atoms. The van der Waals surface area contributed by atoms with Gasteiger partial charge in [-0.2, -0.15) is 15.5 Å². The number of carbonyl (C=O) groups excluding carboxylic acids is 1. The first-order chi connectivity index (χ1) is 24.4. The molecule has 2 N–H and O–H groups in total. The van der Waals surface area contributed by atoms with E-state index in [-0.39, 0.29) is 24.3 Å². The molecule has 1 aromatic carbocycles. The van der Waals surface area contributed by atoms with Gasteiger partial charge >= 0.3 is 6.03 Å². The lowest BCUT2D eigenvalue weighted by molar-refractivity contribution is -0.0385. The SMILES string of the molecule is Cc1cc(-c2nc(NC3CCC(N(C(=O)NCc4ccccc4)c4ccc(-c5cnn(C)c5)nn4)CC3)ncc2C#N)n(C2CCCCO2)n1. The van der Waals surface area contributed by atoms with Gasteiger partial charge in [-0.25, -0.2) is 19.4 Å². The van der Waals surface area contributed by atoms with Crippen molar-refractivity contribution in [3.05, 3.63) is 83.9 Å². The number of hydrogen-bond acceptors (Lipinski definition) is 10. The Morgan fingerprint density at radius 1 is 1.06 bits per heavy atom. The first-order valence-corrected chi connectivity index (χ1v) is 17.1. The average molecular weight is 673 g/mol. The van der Waals surface area contributed by atoms with Crippen molar-refractivity contribution < 1.29 is 9.53 Å². The van der Waals surface area contributed by atoms with Gasteiger partial charge in [0.2, 0.25) is 5.95 Å². The molecule has 1 atom stereocenters. The third-order valence-electron chi connectivity index (χ3n) is 9.24. The van der Waals surface area contributed by atoms with Crippen molar-refractivity contribution in [2.45, 2.75) is 76.7 Å². The number of urea groups is 1. The van der Waals surface area contributed by atoms with E-state index in [0.717, 1.165) is 67.5 Å². The van der Waals surface area contributed by atoms with Crippen molar-refractivity contribution in [1.29, 1.82) is 5.26 Å². The van der Waals surface area contributed by atoms with E-state index in [0.29, 0.717) is 41.9 Å². The molecule has 1 saturated heterocycles. The molecule has 1 aliphatic carbocycles. The van der Waals surface area contributed by atoms with Gasteiger partial charge in [0.1, 0.15) is 11.8 Å². The molecule has 2 fully saturated rings. The smallest absolute Gasteiger partial charge is 0.323 e. The number of aryl methyl sites for hydroxylation is 2. The highest BCUT2D eigenvalue weighted by molar-refractivity contribution is 5.91. The predicted molar refractivity (Wildman–Crippen MR) is 187 cm³/mol. The first-order valence-electron chi connectivity index (χ1n) is 17.1. The van der Waals surface area contributed by atoms with Crippen molar-refractivity contribution in [3.63, 3.8) is 0 Å². The standard InChI is InChI=1S/C36H40N12O2/c1-24-18-31(48(45-24)33-10-6-7-17-50-33)34-26(19-37)21-38-35(42-34)41-28-11-13-29(14-12-28)47(36(49)39-20-25-8-4-3-5-9-25)32-16-15-30(43-44-32)27-22-40-46(2)23-27/h3-5,8-9,15-16,18,21-23,28-29,33H,6-7,10-14,17,20H2,1-2H3,(H,39,49)(H,38,41,42). The normalized spacial score (nSPS) is 19.0. The maximum absolute atomic E-state index is 13.8. The van der Waals surface area contributed by atoms with E-state index in [1.165, 1.54) is 0 Å². The van der Waals surface area contributed by atoms with Crippen molar-refractivity contribution in [2.75, 3.05) is 16.8 Å². The zero-order chi connectivity index (χ0) is 34.5. The second-order valence-corrected chi connectivity index (χ2v) is 12.8. The van der Waals surface area contributed by atoms with Gasteiger partial charge in [-0.05, 0) is 75.6 Å². The van der Waals surface area contributed by atoms with E-state index >= 15 is 0 Å². The number of nitrogens with zero attached hydrogens (tertiary/aromatic N) is 10. The Bertz CT molecular complexity index is 1950. The third-order valence-corrected chi connectivity index (χ3v) is 9.24. The number of rotatable bonds is 9. The molecule has 7 rings (SSSR count). The lowest BCUT2D eigenvalue weighted by atomic mass is 9.90. The maximum atomic E-state index is 13.8. The molecule has 0 radical (unpaired) electrons. The number of nitriles is 1. The molecule has 5 aromatic rings. The third kappa shape index (κ3) is 7.32. The van der Waals surface area contributed by atoms with Gasteiger partial charge in [-0.1, -0.05) is 30.3 Å². The molecule has 5 heterocycles. The van der Waals surface area contributed by atoms with E-state index < -0.39 is 0 Å². The molecule has 2 aliphatic rings. The zero-order valence-electron chi connectivity index (χ0n) is 28.2. The lowest BCUT2D eigenvalue weighted by Crippen LogP contribution is -2.49.